The van der Waals surface area contributed by atoms with Crippen LogP contribution in [0, 0.1) is 28.1 Å². The van der Waals surface area contributed by atoms with Gasteiger partial charge in [-0.25, -0.2) is 4.98 Å². The third-order valence-electron chi connectivity index (χ3n) is 4.66. The van der Waals surface area contributed by atoms with E-state index in [0.29, 0.717) is 38.9 Å². The van der Waals surface area contributed by atoms with Crippen LogP contribution in [-0.4, -0.2) is 29.5 Å². The molecule has 0 aliphatic rings. The summed E-state index contributed by atoms with van der Waals surface area (Å²) in [4.78, 5) is 4.31. The van der Waals surface area contributed by atoms with Crippen LogP contribution in [-0.2, 0) is 5.75 Å². The van der Waals surface area contributed by atoms with Crippen molar-refractivity contribution in [2.24, 2.45) is 0 Å². The minimum Gasteiger partial charge on any atom is -0.491 e. The number of ether oxygens (including phenoxy) is 1. The van der Waals surface area contributed by atoms with E-state index in [9.17, 15) is 10.5 Å². The predicted molar refractivity (Wildman–Crippen MR) is 124 cm³/mol. The van der Waals surface area contributed by atoms with Crippen molar-refractivity contribution in [3.8, 4) is 29.0 Å². The van der Waals surface area contributed by atoms with Gasteiger partial charge in [-0.2, -0.15) is 10.5 Å². The second-order valence-electron chi connectivity index (χ2n) is 6.60. The number of aromatic nitrogens is 1. The first-order valence-electron chi connectivity index (χ1n) is 9.52. The number of aliphatic hydroxyl groups is 1. The van der Waals surface area contributed by atoms with Crippen LogP contribution >= 0.6 is 11.8 Å². The fourth-order valence-corrected chi connectivity index (χ4v) is 4.15. The first-order valence-corrected chi connectivity index (χ1v) is 10.5. The summed E-state index contributed by atoms with van der Waals surface area (Å²) in [6, 6.07) is 16.4. The first-order chi connectivity index (χ1) is 15.5. The fraction of sp³-hybridized carbons (Fsp3) is 0.130. The van der Waals surface area contributed by atoms with Gasteiger partial charge in [0.15, 0.2) is 0 Å². The molecule has 0 saturated heterocycles. The SMILES string of the molecule is N#Cc1c(N)nc(SCc2cccc(N)c2C=N)c(C#N)c1-c1ccc(OCCO)cc1. The highest BCUT2D eigenvalue weighted by molar-refractivity contribution is 7.98. The molecule has 8 nitrogen and oxygen atoms in total. The summed E-state index contributed by atoms with van der Waals surface area (Å²) in [6.45, 7) is 0.0596. The summed E-state index contributed by atoms with van der Waals surface area (Å²) in [6.07, 6.45) is 1.20. The van der Waals surface area contributed by atoms with Gasteiger partial charge < -0.3 is 26.7 Å². The highest BCUT2D eigenvalue weighted by Crippen LogP contribution is 2.37. The lowest BCUT2D eigenvalue weighted by atomic mass is 9.97. The molecule has 0 radical (unpaired) electrons. The minimum atomic E-state index is -0.104. The highest BCUT2D eigenvalue weighted by Gasteiger charge is 2.21. The monoisotopic (exact) mass is 444 g/mol. The number of benzene rings is 2. The zero-order valence-corrected chi connectivity index (χ0v) is 17.8. The van der Waals surface area contributed by atoms with Crippen LogP contribution in [0.4, 0.5) is 11.5 Å². The standard InChI is InChI=1S/C23H20N6O2S/c24-10-17-15(2-1-3-20(17)27)13-32-23-19(12-26)21(18(11-25)22(28)29-23)14-4-6-16(7-5-14)31-9-8-30/h1-7,10,24,30H,8-9,13,27H2,(H2,28,29). The number of anilines is 2. The molecule has 160 valence electrons. The zero-order chi connectivity index (χ0) is 23.1. The molecule has 1 heterocycles. The van der Waals surface area contributed by atoms with Crippen molar-refractivity contribution >= 4 is 29.5 Å². The van der Waals surface area contributed by atoms with E-state index in [1.165, 1.54) is 18.0 Å². The molecule has 2 aromatic carbocycles. The lowest BCUT2D eigenvalue weighted by Crippen LogP contribution is -2.04. The molecular weight excluding hydrogens is 424 g/mol. The Labute approximate surface area is 189 Å². The Morgan fingerprint density at radius 3 is 2.44 bits per heavy atom. The normalized spacial score (nSPS) is 10.2. The van der Waals surface area contributed by atoms with Crippen molar-refractivity contribution in [3.63, 3.8) is 0 Å². The van der Waals surface area contributed by atoms with Crippen molar-refractivity contribution < 1.29 is 9.84 Å². The van der Waals surface area contributed by atoms with E-state index in [1.807, 2.05) is 6.07 Å². The molecule has 6 N–H and O–H groups in total. The molecule has 0 fully saturated rings. The van der Waals surface area contributed by atoms with Gasteiger partial charge in [-0.1, -0.05) is 24.3 Å². The second kappa shape index (κ2) is 10.3. The Hall–Kier alpha value is -4.05. The maximum Gasteiger partial charge on any atom is 0.143 e. The quantitative estimate of drug-likeness (QED) is 0.233. The molecule has 0 saturated carbocycles. The number of hydrogen-bond acceptors (Lipinski definition) is 9. The van der Waals surface area contributed by atoms with E-state index in [2.05, 4.69) is 17.1 Å². The average molecular weight is 445 g/mol. The molecule has 0 atom stereocenters. The Balaban J connectivity index is 2.04. The van der Waals surface area contributed by atoms with E-state index >= 15 is 0 Å². The van der Waals surface area contributed by atoms with Crippen LogP contribution in [0.2, 0.25) is 0 Å². The molecule has 3 aromatic rings. The van der Waals surface area contributed by atoms with E-state index < -0.39 is 0 Å². The second-order valence-corrected chi connectivity index (χ2v) is 7.56. The van der Waals surface area contributed by atoms with E-state index in [4.69, 9.17) is 26.7 Å². The number of pyridine rings is 1. The van der Waals surface area contributed by atoms with Crippen molar-refractivity contribution in [2.75, 3.05) is 24.7 Å². The van der Waals surface area contributed by atoms with Crippen LogP contribution in [0.5, 0.6) is 5.75 Å². The molecule has 0 bridgehead atoms. The highest BCUT2D eigenvalue weighted by atomic mass is 32.2. The van der Waals surface area contributed by atoms with E-state index in [-0.39, 0.29) is 30.2 Å². The first kappa shape index (κ1) is 22.6. The van der Waals surface area contributed by atoms with E-state index in [1.54, 1.807) is 36.4 Å². The number of thioether (sulfide) groups is 1. The Morgan fingerprint density at radius 1 is 1.09 bits per heavy atom. The van der Waals surface area contributed by atoms with Gasteiger partial charge in [-0.05, 0) is 29.3 Å². The molecule has 0 aliphatic carbocycles. The summed E-state index contributed by atoms with van der Waals surface area (Å²) in [5, 5.41) is 36.5. The van der Waals surface area contributed by atoms with Gasteiger partial charge in [-0.15, -0.1) is 11.8 Å². The molecule has 0 aliphatic heterocycles. The lowest BCUT2D eigenvalue weighted by Gasteiger charge is -2.14. The number of nitrogens with two attached hydrogens (primary N) is 2. The lowest BCUT2D eigenvalue weighted by molar-refractivity contribution is 0.201. The van der Waals surface area contributed by atoms with Crippen molar-refractivity contribution in [2.45, 2.75) is 10.8 Å². The third kappa shape index (κ3) is 4.65. The molecule has 0 unspecified atom stereocenters. The van der Waals surface area contributed by atoms with Crippen LogP contribution in [0.3, 0.4) is 0 Å². The van der Waals surface area contributed by atoms with Crippen LogP contribution in [0.15, 0.2) is 47.5 Å². The van der Waals surface area contributed by atoms with Crippen molar-refractivity contribution in [3.05, 3.63) is 64.7 Å². The molecule has 0 amide bonds. The molecule has 9 heteroatoms. The van der Waals surface area contributed by atoms with Gasteiger partial charge in [-0.3, -0.25) is 0 Å². The minimum absolute atomic E-state index is 0.0319. The summed E-state index contributed by atoms with van der Waals surface area (Å²) >= 11 is 1.29. The largest absolute Gasteiger partial charge is 0.491 e. The number of nitrogens with one attached hydrogen (secondary N) is 1. The maximum absolute atomic E-state index is 9.92. The van der Waals surface area contributed by atoms with Crippen LogP contribution < -0.4 is 16.2 Å². The predicted octanol–water partition coefficient (Wildman–Crippen LogP) is 3.32. The van der Waals surface area contributed by atoms with Gasteiger partial charge in [0.2, 0.25) is 0 Å². The van der Waals surface area contributed by atoms with Gasteiger partial charge in [0, 0.05) is 28.8 Å². The Bertz CT molecular complexity index is 1230. The Morgan fingerprint density at radius 2 is 1.81 bits per heavy atom. The van der Waals surface area contributed by atoms with Crippen LogP contribution in [0.25, 0.3) is 11.1 Å². The average Bonchev–Trinajstić information content (AvgIpc) is 2.81. The summed E-state index contributed by atoms with van der Waals surface area (Å²) in [5.74, 6) is 0.998. The maximum atomic E-state index is 9.92. The smallest absolute Gasteiger partial charge is 0.143 e. The number of nitrogen functional groups attached to an aromatic ring is 2. The number of nitriles is 2. The molecule has 1 aromatic heterocycles. The summed E-state index contributed by atoms with van der Waals surface area (Å²) < 4.78 is 5.38. The van der Waals surface area contributed by atoms with Crippen molar-refractivity contribution in [1.29, 1.82) is 15.9 Å². The van der Waals surface area contributed by atoms with Gasteiger partial charge in [0.1, 0.15) is 40.9 Å². The van der Waals surface area contributed by atoms with Gasteiger partial charge in [0.05, 0.1) is 12.2 Å². The van der Waals surface area contributed by atoms with Crippen molar-refractivity contribution in [1.82, 2.24) is 4.98 Å². The molecule has 3 rings (SSSR count). The fourth-order valence-electron chi connectivity index (χ4n) is 3.15. The van der Waals surface area contributed by atoms with Gasteiger partial charge in [0.25, 0.3) is 0 Å². The number of nitrogens with zero attached hydrogens (tertiary/aromatic N) is 3. The number of hydrogen-bond donors (Lipinski definition) is 4. The molecule has 32 heavy (non-hydrogen) atoms. The van der Waals surface area contributed by atoms with E-state index in [0.717, 1.165) is 5.56 Å². The van der Waals surface area contributed by atoms with Crippen LogP contribution in [0.1, 0.15) is 22.3 Å². The van der Waals surface area contributed by atoms with Gasteiger partial charge >= 0.3 is 0 Å². The number of rotatable bonds is 8. The summed E-state index contributed by atoms with van der Waals surface area (Å²) in [5.41, 5.74) is 15.3. The number of aliphatic hydroxyl groups excluding tert-OH is 1. The molecule has 0 spiro atoms. The molecular formula is C23H20N6O2S. The summed E-state index contributed by atoms with van der Waals surface area (Å²) in [7, 11) is 0. The Kier molecular flexibility index (Phi) is 7.29. The zero-order valence-electron chi connectivity index (χ0n) is 17.0. The third-order valence-corrected chi connectivity index (χ3v) is 5.68. The topological polar surface area (TPSA) is 166 Å².